The zero-order valence-corrected chi connectivity index (χ0v) is 20.6. The summed E-state index contributed by atoms with van der Waals surface area (Å²) in [5.41, 5.74) is 29.7. The van der Waals surface area contributed by atoms with Gasteiger partial charge in [-0.1, -0.05) is 0 Å². The van der Waals surface area contributed by atoms with E-state index in [0.717, 1.165) is 6.26 Å². The zero-order valence-electron chi connectivity index (χ0n) is 19.8. The van der Waals surface area contributed by atoms with Gasteiger partial charge in [0.15, 0.2) is 12.6 Å². The van der Waals surface area contributed by atoms with E-state index >= 15 is 0 Å². The first-order chi connectivity index (χ1) is 16.7. The molecule has 3 fully saturated rings. The molecular weight excluding hydrogens is 506 g/mol. The molecule has 2 saturated heterocycles. The van der Waals surface area contributed by atoms with E-state index in [1.807, 2.05) is 0 Å². The molecule has 16 nitrogen and oxygen atoms in total. The molecule has 15 N–H and O–H groups in total. The number of nitrogens with two attached hydrogens (primary N) is 5. The predicted octanol–water partition coefficient (Wildman–Crippen LogP) is -7.27. The van der Waals surface area contributed by atoms with Gasteiger partial charge in [0.25, 0.3) is 0 Å². The van der Waals surface area contributed by atoms with Crippen LogP contribution in [0.15, 0.2) is 0 Å². The lowest BCUT2D eigenvalue weighted by Gasteiger charge is -2.48. The molecule has 0 unspecified atom stereocenters. The molecule has 2 aliphatic heterocycles. The Morgan fingerprint density at radius 3 is 1.81 bits per heavy atom. The maximum atomic E-state index is 11.7. The van der Waals surface area contributed by atoms with Crippen LogP contribution in [0.3, 0.4) is 0 Å². The van der Waals surface area contributed by atoms with Crippen LogP contribution < -0.4 is 28.7 Å². The SMILES string of the molecule is CS(=O)(=O)C[C@H]1O[C@H](O[C@@H]2[C@@H](O)[C@H](O[C@H]3O[C@H](CN)[C@@H](O)[C@H](O)[C@H]3N)[C@@H](N)C[C@H]2N)[C@H](O)[C@@H](N)[C@@H]1O. The van der Waals surface area contributed by atoms with Crippen molar-refractivity contribution in [2.24, 2.45) is 28.7 Å². The second-order valence-electron chi connectivity index (χ2n) is 9.79. The zero-order chi connectivity index (χ0) is 27.1. The number of sulfone groups is 1. The molecule has 212 valence electrons. The van der Waals surface area contributed by atoms with Gasteiger partial charge in [-0.3, -0.25) is 0 Å². The van der Waals surface area contributed by atoms with E-state index in [9.17, 15) is 34.0 Å². The summed E-state index contributed by atoms with van der Waals surface area (Å²) in [4.78, 5) is 0. The van der Waals surface area contributed by atoms with Crippen molar-refractivity contribution < 1.29 is 52.9 Å². The number of hydrogen-bond acceptors (Lipinski definition) is 16. The van der Waals surface area contributed by atoms with Crippen LogP contribution in [0.4, 0.5) is 0 Å². The lowest BCUT2D eigenvalue weighted by atomic mass is 9.84. The van der Waals surface area contributed by atoms with Gasteiger partial charge in [0.2, 0.25) is 0 Å². The molecule has 15 atom stereocenters. The summed E-state index contributed by atoms with van der Waals surface area (Å²) in [6.45, 7) is -0.141. The lowest BCUT2D eigenvalue weighted by molar-refractivity contribution is -0.314. The summed E-state index contributed by atoms with van der Waals surface area (Å²) < 4.78 is 46.1. The average molecular weight is 546 g/mol. The molecular formula is C19H39N5O11S. The van der Waals surface area contributed by atoms with Crippen LogP contribution in [-0.4, -0.2) is 144 Å². The fraction of sp³-hybridized carbons (Fsp3) is 1.00. The molecule has 0 amide bonds. The Labute approximate surface area is 208 Å². The standard InChI is InChI=1S/C19H39N5O11S/c1-36(30,31)4-8-11(25)9(23)14(28)19(33-8)35-17-6(22)2-5(21)16(15(17)29)34-18-10(24)13(27)12(26)7(3-20)32-18/h5-19,25-29H,2-4,20-24H2,1H3/t5-,6+,7+,8+,9-,10+,11+,12+,13+,14+,15-,16+,17-,18+,19+/m0/s1. The Morgan fingerprint density at radius 1 is 0.750 bits per heavy atom. The molecule has 0 bridgehead atoms. The topological polar surface area (TPSA) is 302 Å². The molecule has 3 rings (SSSR count). The van der Waals surface area contributed by atoms with Crippen molar-refractivity contribution >= 4 is 9.84 Å². The predicted molar refractivity (Wildman–Crippen MR) is 122 cm³/mol. The molecule has 2 heterocycles. The normalized spacial score (nSPS) is 50.7. The summed E-state index contributed by atoms with van der Waals surface area (Å²) in [6.07, 6.45) is -13.9. The summed E-state index contributed by atoms with van der Waals surface area (Å²) >= 11 is 0. The van der Waals surface area contributed by atoms with Crippen molar-refractivity contribution in [3.8, 4) is 0 Å². The summed E-state index contributed by atoms with van der Waals surface area (Å²) in [5.74, 6) is -0.586. The van der Waals surface area contributed by atoms with Crippen molar-refractivity contribution in [3.05, 3.63) is 0 Å². The van der Waals surface area contributed by atoms with Gasteiger partial charge in [-0.15, -0.1) is 0 Å². The number of rotatable bonds is 7. The second-order valence-corrected chi connectivity index (χ2v) is 12.0. The van der Waals surface area contributed by atoms with Gasteiger partial charge in [0.1, 0.15) is 58.7 Å². The van der Waals surface area contributed by atoms with Crippen LogP contribution in [0.1, 0.15) is 6.42 Å². The van der Waals surface area contributed by atoms with Crippen LogP contribution in [0.25, 0.3) is 0 Å². The van der Waals surface area contributed by atoms with Crippen molar-refractivity contribution in [3.63, 3.8) is 0 Å². The second kappa shape index (κ2) is 11.6. The smallest absolute Gasteiger partial charge is 0.186 e. The minimum absolute atomic E-state index is 0.0735. The molecule has 1 aliphatic carbocycles. The van der Waals surface area contributed by atoms with Gasteiger partial charge in [-0.25, -0.2) is 8.42 Å². The van der Waals surface area contributed by atoms with E-state index in [4.69, 9.17) is 47.6 Å². The van der Waals surface area contributed by atoms with Crippen molar-refractivity contribution in [1.29, 1.82) is 0 Å². The summed E-state index contributed by atoms with van der Waals surface area (Å²) in [6, 6.07) is -4.20. The minimum Gasteiger partial charge on any atom is -0.389 e. The third-order valence-corrected chi connectivity index (χ3v) is 7.78. The van der Waals surface area contributed by atoms with Crippen LogP contribution >= 0.6 is 0 Å². The van der Waals surface area contributed by atoms with E-state index in [0.29, 0.717) is 0 Å². The van der Waals surface area contributed by atoms with Gasteiger partial charge in [-0.05, 0) is 6.42 Å². The van der Waals surface area contributed by atoms with Gasteiger partial charge in [0.05, 0.1) is 23.9 Å². The maximum Gasteiger partial charge on any atom is 0.186 e. The molecule has 0 aromatic heterocycles. The first-order valence-corrected chi connectivity index (χ1v) is 13.6. The Morgan fingerprint density at radius 2 is 1.28 bits per heavy atom. The highest BCUT2D eigenvalue weighted by molar-refractivity contribution is 7.90. The lowest BCUT2D eigenvalue weighted by Crippen LogP contribution is -2.69. The summed E-state index contributed by atoms with van der Waals surface area (Å²) in [7, 11) is -3.59. The molecule has 0 radical (unpaired) electrons. The Balaban J connectivity index is 1.75. The molecule has 0 spiro atoms. The maximum absolute atomic E-state index is 11.7. The van der Waals surface area contributed by atoms with E-state index in [1.165, 1.54) is 0 Å². The monoisotopic (exact) mass is 545 g/mol. The molecule has 36 heavy (non-hydrogen) atoms. The van der Waals surface area contributed by atoms with E-state index in [-0.39, 0.29) is 13.0 Å². The van der Waals surface area contributed by atoms with Crippen molar-refractivity contribution in [2.75, 3.05) is 18.6 Å². The first-order valence-electron chi connectivity index (χ1n) is 11.6. The van der Waals surface area contributed by atoms with E-state index in [2.05, 4.69) is 0 Å². The third-order valence-electron chi connectivity index (χ3n) is 6.85. The highest BCUT2D eigenvalue weighted by atomic mass is 32.2. The first kappa shape index (κ1) is 29.9. The average Bonchev–Trinajstić information content (AvgIpc) is 2.79. The van der Waals surface area contributed by atoms with Crippen LogP contribution in [-0.2, 0) is 28.8 Å². The van der Waals surface area contributed by atoms with Crippen molar-refractivity contribution in [2.45, 2.75) is 98.1 Å². The molecule has 0 aromatic rings. The molecule has 17 heteroatoms. The van der Waals surface area contributed by atoms with Gasteiger partial charge in [-0.2, -0.15) is 0 Å². The number of aliphatic hydroxyl groups is 5. The van der Waals surface area contributed by atoms with Crippen molar-refractivity contribution in [1.82, 2.24) is 0 Å². The quantitative estimate of drug-likeness (QED) is 0.142. The fourth-order valence-corrected chi connectivity index (χ4v) is 5.60. The van der Waals surface area contributed by atoms with Gasteiger partial charge in [0, 0.05) is 24.9 Å². The van der Waals surface area contributed by atoms with E-state index in [1.54, 1.807) is 0 Å². The van der Waals surface area contributed by atoms with Crippen LogP contribution in [0, 0.1) is 0 Å². The Bertz CT molecular complexity index is 841. The van der Waals surface area contributed by atoms with Crippen LogP contribution in [0.5, 0.6) is 0 Å². The van der Waals surface area contributed by atoms with E-state index < -0.39 is 107 Å². The molecule has 3 aliphatic rings. The Hall–Kier alpha value is -0.610. The largest absolute Gasteiger partial charge is 0.389 e. The Kier molecular flexibility index (Phi) is 9.68. The highest BCUT2D eigenvalue weighted by Gasteiger charge is 2.51. The summed E-state index contributed by atoms with van der Waals surface area (Å²) in [5, 5.41) is 52.1. The number of ether oxygens (including phenoxy) is 4. The molecule has 1 saturated carbocycles. The minimum atomic E-state index is -3.59. The van der Waals surface area contributed by atoms with Gasteiger partial charge < -0.3 is 73.1 Å². The fourth-order valence-electron chi connectivity index (χ4n) is 4.73. The van der Waals surface area contributed by atoms with Gasteiger partial charge >= 0.3 is 0 Å². The number of aliphatic hydroxyl groups excluding tert-OH is 5. The molecule has 0 aromatic carbocycles. The van der Waals surface area contributed by atoms with Crippen LogP contribution in [0.2, 0.25) is 0 Å². The third kappa shape index (κ3) is 6.33. The highest BCUT2D eigenvalue weighted by Crippen LogP contribution is 2.31. The number of hydrogen-bond donors (Lipinski definition) is 10.